The second-order valence-electron chi connectivity index (χ2n) is 8.46. The van der Waals surface area contributed by atoms with E-state index in [2.05, 4.69) is 4.72 Å². The summed E-state index contributed by atoms with van der Waals surface area (Å²) in [6.07, 6.45) is 3.29. The zero-order chi connectivity index (χ0) is 23.8. The quantitative estimate of drug-likeness (QED) is 0.319. The van der Waals surface area contributed by atoms with Gasteiger partial charge in [0.2, 0.25) is 10.0 Å². The summed E-state index contributed by atoms with van der Waals surface area (Å²) in [5.41, 5.74) is 3.23. The number of hydrogen-bond donors (Lipinski definition) is 1. The summed E-state index contributed by atoms with van der Waals surface area (Å²) in [4.78, 5) is 25.4. The fraction of sp³-hybridized carbons (Fsp3) is 0.360. The van der Waals surface area contributed by atoms with E-state index in [4.69, 9.17) is 9.15 Å². The smallest absolute Gasteiger partial charge is 0.339 e. The Balaban J connectivity index is 1.61. The molecule has 8 heteroatoms. The third-order valence-corrected chi connectivity index (χ3v) is 7.53. The zero-order valence-corrected chi connectivity index (χ0v) is 19.8. The minimum absolute atomic E-state index is 0.0829. The van der Waals surface area contributed by atoms with E-state index in [0.717, 1.165) is 34.9 Å². The van der Waals surface area contributed by atoms with Crippen molar-refractivity contribution in [1.29, 1.82) is 0 Å². The Labute approximate surface area is 192 Å². The predicted octanol–water partition coefficient (Wildman–Crippen LogP) is 3.95. The van der Waals surface area contributed by atoms with Gasteiger partial charge in [-0.1, -0.05) is 31.0 Å². The molecular formula is C25H27NO6S. The summed E-state index contributed by atoms with van der Waals surface area (Å²) in [6.45, 7) is 5.45. The Morgan fingerprint density at radius 2 is 1.79 bits per heavy atom. The Morgan fingerprint density at radius 3 is 2.48 bits per heavy atom. The number of sulfonamides is 1. The predicted molar refractivity (Wildman–Crippen MR) is 125 cm³/mol. The standard InChI is InChI=1S/C25H27NO6S/c1-4-6-21(26-33(29,30)17-11-9-15(2)10-12-17)25(28)31-22-14-13-19-18-7-5-8-20(18)24(27)32-23(19)16(22)3/h9-14,21,26H,4-8H2,1-3H3. The lowest BCUT2D eigenvalue weighted by atomic mass is 10.0. The van der Waals surface area contributed by atoms with Gasteiger partial charge < -0.3 is 9.15 Å². The molecule has 0 radical (unpaired) electrons. The zero-order valence-electron chi connectivity index (χ0n) is 18.9. The molecule has 1 atom stereocenters. The molecule has 0 saturated carbocycles. The minimum Gasteiger partial charge on any atom is -0.425 e. The molecule has 33 heavy (non-hydrogen) atoms. The molecule has 2 aromatic carbocycles. The number of fused-ring (bicyclic) bond motifs is 3. The van der Waals surface area contributed by atoms with Crippen molar-refractivity contribution in [1.82, 2.24) is 4.72 Å². The first-order valence-corrected chi connectivity index (χ1v) is 12.6. The third kappa shape index (κ3) is 4.58. The maximum absolute atomic E-state index is 13.0. The number of carbonyl (C=O) groups is 1. The van der Waals surface area contributed by atoms with Gasteiger partial charge in [-0.05, 0) is 69.4 Å². The fourth-order valence-corrected chi connectivity index (χ4v) is 5.46. The van der Waals surface area contributed by atoms with E-state index >= 15 is 0 Å². The first-order valence-electron chi connectivity index (χ1n) is 11.1. The van der Waals surface area contributed by atoms with E-state index in [1.165, 1.54) is 12.1 Å². The Kier molecular flexibility index (Phi) is 6.41. The van der Waals surface area contributed by atoms with E-state index in [-0.39, 0.29) is 22.7 Å². The Morgan fingerprint density at radius 1 is 1.09 bits per heavy atom. The van der Waals surface area contributed by atoms with Crippen LogP contribution in [0.15, 0.2) is 50.5 Å². The van der Waals surface area contributed by atoms with Gasteiger partial charge in [0.25, 0.3) is 0 Å². The van der Waals surface area contributed by atoms with E-state index in [9.17, 15) is 18.0 Å². The molecule has 7 nitrogen and oxygen atoms in total. The fourth-order valence-electron chi connectivity index (χ4n) is 4.24. The summed E-state index contributed by atoms with van der Waals surface area (Å²) in [7, 11) is -3.90. The molecule has 0 spiro atoms. The summed E-state index contributed by atoms with van der Waals surface area (Å²) >= 11 is 0. The number of rotatable bonds is 7. The minimum atomic E-state index is -3.90. The summed E-state index contributed by atoms with van der Waals surface area (Å²) in [5, 5.41) is 0.851. The number of ether oxygens (including phenoxy) is 1. The monoisotopic (exact) mass is 469 g/mol. The number of nitrogens with one attached hydrogen (secondary N) is 1. The van der Waals surface area contributed by atoms with Gasteiger partial charge in [-0.25, -0.2) is 18.0 Å². The second-order valence-corrected chi connectivity index (χ2v) is 10.2. The van der Waals surface area contributed by atoms with Crippen LogP contribution in [0, 0.1) is 13.8 Å². The van der Waals surface area contributed by atoms with E-state index in [1.807, 2.05) is 13.8 Å². The highest BCUT2D eigenvalue weighted by Crippen LogP contribution is 2.33. The molecule has 174 valence electrons. The maximum atomic E-state index is 13.0. The number of aryl methyl sites for hydroxylation is 3. The second kappa shape index (κ2) is 9.11. The van der Waals surface area contributed by atoms with Crippen LogP contribution in [0.5, 0.6) is 5.75 Å². The summed E-state index contributed by atoms with van der Waals surface area (Å²) in [5.74, 6) is -0.470. The van der Waals surface area contributed by atoms with Crippen LogP contribution in [0.1, 0.15) is 48.4 Å². The van der Waals surface area contributed by atoms with Crippen molar-refractivity contribution >= 4 is 27.0 Å². The lowest BCUT2D eigenvalue weighted by molar-refractivity contribution is -0.136. The van der Waals surface area contributed by atoms with Crippen LogP contribution in [0.3, 0.4) is 0 Å². The van der Waals surface area contributed by atoms with Crippen molar-refractivity contribution in [2.45, 2.75) is 63.8 Å². The van der Waals surface area contributed by atoms with Crippen molar-refractivity contribution in [2.75, 3.05) is 0 Å². The largest absolute Gasteiger partial charge is 0.425 e. The summed E-state index contributed by atoms with van der Waals surface area (Å²) < 4.78 is 39.2. The molecule has 1 aromatic heterocycles. The topological polar surface area (TPSA) is 103 Å². The molecule has 4 rings (SSSR count). The number of benzene rings is 2. The molecule has 0 fully saturated rings. The van der Waals surface area contributed by atoms with Gasteiger partial charge in [0.15, 0.2) is 0 Å². The van der Waals surface area contributed by atoms with Crippen LogP contribution in [0.4, 0.5) is 0 Å². The van der Waals surface area contributed by atoms with Gasteiger partial charge >= 0.3 is 11.6 Å². The normalized spacial score (nSPS) is 14.3. The molecule has 1 unspecified atom stereocenters. The molecule has 0 saturated heterocycles. The molecule has 1 aliphatic rings. The van der Waals surface area contributed by atoms with Crippen molar-refractivity contribution in [3.63, 3.8) is 0 Å². The van der Waals surface area contributed by atoms with Crippen LogP contribution >= 0.6 is 0 Å². The molecular weight excluding hydrogens is 442 g/mol. The van der Waals surface area contributed by atoms with Crippen molar-refractivity contribution in [2.24, 2.45) is 0 Å². The summed E-state index contributed by atoms with van der Waals surface area (Å²) in [6, 6.07) is 8.81. The number of esters is 1. The molecule has 1 N–H and O–H groups in total. The van der Waals surface area contributed by atoms with Crippen LogP contribution in [0.2, 0.25) is 0 Å². The van der Waals surface area contributed by atoms with Gasteiger partial charge in [-0.15, -0.1) is 0 Å². The van der Waals surface area contributed by atoms with Crippen LogP contribution in [0.25, 0.3) is 11.0 Å². The first-order chi connectivity index (χ1) is 15.7. The van der Waals surface area contributed by atoms with Gasteiger partial charge in [0.05, 0.1) is 4.90 Å². The maximum Gasteiger partial charge on any atom is 0.339 e. The highest BCUT2D eigenvalue weighted by atomic mass is 32.2. The average molecular weight is 470 g/mol. The Hall–Kier alpha value is -2.97. The lowest BCUT2D eigenvalue weighted by Crippen LogP contribution is -2.42. The van der Waals surface area contributed by atoms with Crippen LogP contribution in [-0.2, 0) is 27.7 Å². The van der Waals surface area contributed by atoms with E-state index < -0.39 is 22.0 Å². The highest BCUT2D eigenvalue weighted by molar-refractivity contribution is 7.89. The van der Waals surface area contributed by atoms with E-state index in [0.29, 0.717) is 24.0 Å². The van der Waals surface area contributed by atoms with Crippen LogP contribution in [-0.4, -0.2) is 20.4 Å². The molecule has 3 aromatic rings. The first kappa shape index (κ1) is 23.2. The highest BCUT2D eigenvalue weighted by Gasteiger charge is 2.28. The SMILES string of the molecule is CCCC(NS(=O)(=O)c1ccc(C)cc1)C(=O)Oc1ccc2c3c(c(=O)oc2c1C)CCC3. The molecule has 0 aliphatic heterocycles. The van der Waals surface area contributed by atoms with Crippen molar-refractivity contribution in [3.8, 4) is 5.75 Å². The molecule has 0 amide bonds. The average Bonchev–Trinajstić information content (AvgIpc) is 3.27. The van der Waals surface area contributed by atoms with Crippen molar-refractivity contribution < 1.29 is 22.4 Å². The van der Waals surface area contributed by atoms with Gasteiger partial charge in [-0.2, -0.15) is 4.72 Å². The molecule has 1 heterocycles. The van der Waals surface area contributed by atoms with Gasteiger partial charge in [0, 0.05) is 16.5 Å². The van der Waals surface area contributed by atoms with Crippen LogP contribution < -0.4 is 15.1 Å². The number of hydrogen-bond acceptors (Lipinski definition) is 6. The molecule has 0 bridgehead atoms. The van der Waals surface area contributed by atoms with Crippen molar-refractivity contribution in [3.05, 3.63) is 69.1 Å². The van der Waals surface area contributed by atoms with Gasteiger partial charge in [-0.3, -0.25) is 0 Å². The van der Waals surface area contributed by atoms with E-state index in [1.54, 1.807) is 31.2 Å². The Bertz CT molecular complexity index is 1370. The molecule has 1 aliphatic carbocycles. The van der Waals surface area contributed by atoms with Gasteiger partial charge in [0.1, 0.15) is 17.4 Å². The lowest BCUT2D eigenvalue weighted by Gasteiger charge is -2.18. The number of carbonyl (C=O) groups excluding carboxylic acids is 1. The third-order valence-electron chi connectivity index (χ3n) is 6.04.